The van der Waals surface area contributed by atoms with Gasteiger partial charge in [0.15, 0.2) is 5.69 Å². The van der Waals surface area contributed by atoms with Crippen LogP contribution in [0.4, 0.5) is 0 Å². The Morgan fingerprint density at radius 1 is 1.45 bits per heavy atom. The zero-order valence-electron chi connectivity index (χ0n) is 11.7. The number of carbonyl (C=O) groups is 1. The van der Waals surface area contributed by atoms with Gasteiger partial charge in [-0.3, -0.25) is 4.98 Å². The molecule has 20 heavy (non-hydrogen) atoms. The van der Waals surface area contributed by atoms with Gasteiger partial charge in [-0.25, -0.2) is 9.48 Å². The molecule has 0 aliphatic carbocycles. The number of hydrogen-bond donors (Lipinski definition) is 1. The number of carboxylic acids is 1. The van der Waals surface area contributed by atoms with E-state index in [9.17, 15) is 9.90 Å². The van der Waals surface area contributed by atoms with E-state index in [-0.39, 0.29) is 5.69 Å². The first-order valence-electron chi connectivity index (χ1n) is 6.71. The number of aromatic carboxylic acids is 1. The Kier molecular flexibility index (Phi) is 4.45. The van der Waals surface area contributed by atoms with E-state index in [1.807, 2.05) is 6.07 Å². The molecule has 0 saturated heterocycles. The molecule has 0 amide bonds. The van der Waals surface area contributed by atoms with Crippen molar-refractivity contribution in [1.29, 1.82) is 0 Å². The average Bonchev–Trinajstić information content (AvgIpc) is 2.83. The van der Waals surface area contributed by atoms with Crippen LogP contribution in [0.5, 0.6) is 0 Å². The molecule has 1 N–H and O–H groups in total. The Balaban J connectivity index is 2.41. The molecule has 0 spiro atoms. The molecule has 0 fully saturated rings. The number of pyridine rings is 1. The Bertz CT molecular complexity index is 580. The smallest absolute Gasteiger partial charge is 0.358 e. The standard InChI is InChI=1S/C14H18N4O2/c1-3-6-10(2)9-18-13(11-7-4-5-8-15-11)12(14(19)20)16-17-18/h4-5,7-8,10H,3,6,9H2,1-2H3,(H,19,20). The van der Waals surface area contributed by atoms with Crippen LogP contribution in [0.15, 0.2) is 24.4 Å². The molecule has 6 heteroatoms. The van der Waals surface area contributed by atoms with Crippen LogP contribution in [0.2, 0.25) is 0 Å². The number of rotatable bonds is 6. The van der Waals surface area contributed by atoms with Gasteiger partial charge in [0.05, 0.1) is 5.69 Å². The van der Waals surface area contributed by atoms with Gasteiger partial charge in [0.25, 0.3) is 0 Å². The van der Waals surface area contributed by atoms with Crippen LogP contribution in [0.3, 0.4) is 0 Å². The molecule has 0 aliphatic rings. The van der Waals surface area contributed by atoms with Gasteiger partial charge in [-0.05, 0) is 24.5 Å². The first-order chi connectivity index (χ1) is 9.63. The van der Waals surface area contributed by atoms with Crippen molar-refractivity contribution in [3.05, 3.63) is 30.1 Å². The van der Waals surface area contributed by atoms with Gasteiger partial charge in [-0.1, -0.05) is 31.5 Å². The van der Waals surface area contributed by atoms with Crippen molar-refractivity contribution < 1.29 is 9.90 Å². The maximum absolute atomic E-state index is 11.3. The molecule has 0 radical (unpaired) electrons. The molecular weight excluding hydrogens is 256 g/mol. The third kappa shape index (κ3) is 3.01. The minimum absolute atomic E-state index is 0.0487. The topological polar surface area (TPSA) is 80.9 Å². The van der Waals surface area contributed by atoms with E-state index in [1.54, 1.807) is 23.0 Å². The van der Waals surface area contributed by atoms with E-state index in [1.165, 1.54) is 0 Å². The van der Waals surface area contributed by atoms with E-state index in [0.717, 1.165) is 12.8 Å². The predicted molar refractivity (Wildman–Crippen MR) is 74.3 cm³/mol. The lowest BCUT2D eigenvalue weighted by molar-refractivity contribution is 0.0691. The van der Waals surface area contributed by atoms with E-state index >= 15 is 0 Å². The van der Waals surface area contributed by atoms with Crippen LogP contribution in [0.25, 0.3) is 11.4 Å². The monoisotopic (exact) mass is 274 g/mol. The third-order valence-corrected chi connectivity index (χ3v) is 3.11. The molecular formula is C14H18N4O2. The number of carboxylic acid groups (broad SMARTS) is 1. The van der Waals surface area contributed by atoms with Gasteiger partial charge in [0.1, 0.15) is 5.69 Å². The van der Waals surface area contributed by atoms with Crippen molar-refractivity contribution in [3.63, 3.8) is 0 Å². The normalized spacial score (nSPS) is 12.3. The summed E-state index contributed by atoms with van der Waals surface area (Å²) in [6.07, 6.45) is 3.78. The summed E-state index contributed by atoms with van der Waals surface area (Å²) in [4.78, 5) is 15.5. The van der Waals surface area contributed by atoms with Crippen LogP contribution >= 0.6 is 0 Å². The minimum Gasteiger partial charge on any atom is -0.476 e. The Hall–Kier alpha value is -2.24. The lowest BCUT2D eigenvalue weighted by Gasteiger charge is -2.12. The number of aromatic nitrogens is 4. The molecule has 6 nitrogen and oxygen atoms in total. The third-order valence-electron chi connectivity index (χ3n) is 3.11. The van der Waals surface area contributed by atoms with Gasteiger partial charge in [0, 0.05) is 12.7 Å². The second-order valence-corrected chi connectivity index (χ2v) is 4.88. The molecule has 106 valence electrons. The quantitative estimate of drug-likeness (QED) is 0.875. The van der Waals surface area contributed by atoms with Gasteiger partial charge < -0.3 is 5.11 Å². The molecule has 0 aliphatic heterocycles. The molecule has 2 heterocycles. The van der Waals surface area contributed by atoms with Crippen LogP contribution in [-0.2, 0) is 6.54 Å². The van der Waals surface area contributed by atoms with E-state index in [4.69, 9.17) is 0 Å². The van der Waals surface area contributed by atoms with Crippen molar-refractivity contribution in [2.24, 2.45) is 5.92 Å². The highest BCUT2D eigenvalue weighted by Crippen LogP contribution is 2.21. The lowest BCUT2D eigenvalue weighted by atomic mass is 10.1. The van der Waals surface area contributed by atoms with Gasteiger partial charge >= 0.3 is 5.97 Å². The van der Waals surface area contributed by atoms with E-state index < -0.39 is 5.97 Å². The van der Waals surface area contributed by atoms with Gasteiger partial charge in [-0.15, -0.1) is 5.10 Å². The highest BCUT2D eigenvalue weighted by atomic mass is 16.4. The summed E-state index contributed by atoms with van der Waals surface area (Å²) < 4.78 is 1.64. The fourth-order valence-electron chi connectivity index (χ4n) is 2.22. The zero-order valence-corrected chi connectivity index (χ0v) is 11.7. The highest BCUT2D eigenvalue weighted by Gasteiger charge is 2.22. The zero-order chi connectivity index (χ0) is 14.5. The van der Waals surface area contributed by atoms with Crippen molar-refractivity contribution >= 4 is 5.97 Å². The molecule has 2 rings (SSSR count). The number of hydrogen-bond acceptors (Lipinski definition) is 4. The first kappa shape index (κ1) is 14.2. The van der Waals surface area contributed by atoms with Crippen LogP contribution in [0.1, 0.15) is 37.2 Å². The molecule has 0 saturated carbocycles. The second kappa shape index (κ2) is 6.27. The van der Waals surface area contributed by atoms with Crippen LogP contribution in [-0.4, -0.2) is 31.1 Å². The lowest BCUT2D eigenvalue weighted by Crippen LogP contribution is -2.11. The van der Waals surface area contributed by atoms with Crippen molar-refractivity contribution in [2.75, 3.05) is 0 Å². The summed E-state index contributed by atoms with van der Waals surface area (Å²) in [6, 6.07) is 5.38. The van der Waals surface area contributed by atoms with E-state index in [2.05, 4.69) is 29.1 Å². The molecule has 0 bridgehead atoms. The first-order valence-corrected chi connectivity index (χ1v) is 6.71. The van der Waals surface area contributed by atoms with Gasteiger partial charge in [-0.2, -0.15) is 0 Å². The fraction of sp³-hybridized carbons (Fsp3) is 0.429. The van der Waals surface area contributed by atoms with Gasteiger partial charge in [0.2, 0.25) is 0 Å². The predicted octanol–water partition coefficient (Wildman–Crippen LogP) is 2.47. The summed E-state index contributed by atoms with van der Waals surface area (Å²) in [5.41, 5.74) is 1.01. The minimum atomic E-state index is -1.08. The fourth-order valence-corrected chi connectivity index (χ4v) is 2.22. The Morgan fingerprint density at radius 2 is 2.25 bits per heavy atom. The van der Waals surface area contributed by atoms with Crippen LogP contribution in [0, 0.1) is 5.92 Å². The summed E-state index contributed by atoms with van der Waals surface area (Å²) >= 11 is 0. The van der Waals surface area contributed by atoms with E-state index in [0.29, 0.717) is 23.9 Å². The highest BCUT2D eigenvalue weighted by molar-refractivity contribution is 5.92. The molecule has 2 aromatic heterocycles. The summed E-state index contributed by atoms with van der Waals surface area (Å²) in [5, 5.41) is 17.0. The molecule has 2 aromatic rings. The summed E-state index contributed by atoms with van der Waals surface area (Å²) in [6.45, 7) is 4.88. The van der Waals surface area contributed by atoms with Crippen LogP contribution < -0.4 is 0 Å². The maximum Gasteiger partial charge on any atom is 0.358 e. The largest absolute Gasteiger partial charge is 0.476 e. The van der Waals surface area contributed by atoms with Crippen molar-refractivity contribution in [3.8, 4) is 11.4 Å². The maximum atomic E-state index is 11.3. The van der Waals surface area contributed by atoms with Crippen molar-refractivity contribution in [1.82, 2.24) is 20.0 Å². The van der Waals surface area contributed by atoms with Crippen molar-refractivity contribution in [2.45, 2.75) is 33.2 Å². The SMILES string of the molecule is CCCC(C)Cn1nnc(C(=O)O)c1-c1ccccn1. The Morgan fingerprint density at radius 3 is 2.85 bits per heavy atom. The summed E-state index contributed by atoms with van der Waals surface area (Å²) in [5.74, 6) is -0.675. The number of nitrogens with zero attached hydrogens (tertiary/aromatic N) is 4. The Labute approximate surface area is 117 Å². The second-order valence-electron chi connectivity index (χ2n) is 4.88. The average molecular weight is 274 g/mol. The summed E-state index contributed by atoms with van der Waals surface area (Å²) in [7, 11) is 0. The molecule has 1 unspecified atom stereocenters. The molecule has 0 aromatic carbocycles. The molecule has 1 atom stereocenters.